The van der Waals surface area contributed by atoms with E-state index in [0.717, 1.165) is 32.3 Å². The Labute approximate surface area is 126 Å². The highest BCUT2D eigenvalue weighted by atomic mass is 16.5. The number of aryl methyl sites for hydroxylation is 1. The molecule has 21 heavy (non-hydrogen) atoms. The molecule has 1 aromatic rings. The first-order valence-electron chi connectivity index (χ1n) is 7.96. The van der Waals surface area contributed by atoms with Gasteiger partial charge >= 0.3 is 0 Å². The van der Waals surface area contributed by atoms with Gasteiger partial charge < -0.3 is 15.8 Å². The number of carbonyl (C=O) groups is 1. The molecule has 1 heterocycles. The normalized spacial score (nSPS) is 31.1. The highest BCUT2D eigenvalue weighted by molar-refractivity contribution is 5.76. The zero-order chi connectivity index (χ0) is 14.7. The third kappa shape index (κ3) is 3.27. The smallest absolute Gasteiger partial charge is 0.220 e. The summed E-state index contributed by atoms with van der Waals surface area (Å²) in [6.45, 7) is 0.800. The van der Waals surface area contributed by atoms with E-state index in [1.54, 1.807) is 0 Å². The molecule has 0 bridgehead atoms. The van der Waals surface area contributed by atoms with Gasteiger partial charge in [0.1, 0.15) is 0 Å². The molecule has 0 aromatic heterocycles. The van der Waals surface area contributed by atoms with E-state index < -0.39 is 0 Å². The van der Waals surface area contributed by atoms with Crippen LogP contribution in [0.4, 0.5) is 0 Å². The number of benzene rings is 1. The maximum Gasteiger partial charge on any atom is 0.220 e. The van der Waals surface area contributed by atoms with Gasteiger partial charge in [0.2, 0.25) is 5.91 Å². The van der Waals surface area contributed by atoms with Crippen molar-refractivity contribution in [2.45, 2.75) is 50.3 Å². The number of nitrogens with two attached hydrogens (primary N) is 1. The van der Waals surface area contributed by atoms with Crippen molar-refractivity contribution in [1.82, 2.24) is 5.32 Å². The Kier molecular flexibility index (Phi) is 4.56. The van der Waals surface area contributed by atoms with Gasteiger partial charge in [-0.15, -0.1) is 0 Å². The van der Waals surface area contributed by atoms with E-state index in [2.05, 4.69) is 17.4 Å². The average molecular weight is 288 g/mol. The van der Waals surface area contributed by atoms with Gasteiger partial charge in [-0.2, -0.15) is 0 Å². The van der Waals surface area contributed by atoms with E-state index in [1.807, 2.05) is 18.2 Å². The van der Waals surface area contributed by atoms with Crippen LogP contribution in [0.1, 0.15) is 31.2 Å². The van der Waals surface area contributed by atoms with Gasteiger partial charge in [-0.05, 0) is 31.2 Å². The fourth-order valence-corrected chi connectivity index (χ4v) is 3.48. The monoisotopic (exact) mass is 288 g/mol. The molecule has 1 aromatic carbocycles. The van der Waals surface area contributed by atoms with Gasteiger partial charge in [0, 0.05) is 25.0 Å². The summed E-state index contributed by atoms with van der Waals surface area (Å²) in [5.41, 5.74) is 7.43. The van der Waals surface area contributed by atoms with Crippen LogP contribution >= 0.6 is 0 Å². The molecule has 0 spiro atoms. The highest BCUT2D eigenvalue weighted by Crippen LogP contribution is 2.36. The Hall–Kier alpha value is -1.39. The van der Waals surface area contributed by atoms with Crippen LogP contribution in [0.25, 0.3) is 0 Å². The van der Waals surface area contributed by atoms with Gasteiger partial charge in [-0.1, -0.05) is 30.3 Å². The number of rotatable bonds is 5. The molecule has 0 radical (unpaired) electrons. The van der Waals surface area contributed by atoms with Crippen molar-refractivity contribution in [3.8, 4) is 0 Å². The van der Waals surface area contributed by atoms with E-state index in [0.29, 0.717) is 12.3 Å². The van der Waals surface area contributed by atoms with Crippen molar-refractivity contribution in [2.24, 2.45) is 11.7 Å². The molecule has 1 saturated carbocycles. The molecular weight excluding hydrogens is 264 g/mol. The molecule has 1 aliphatic heterocycles. The number of carbonyl (C=O) groups excluding carboxylic acids is 1. The molecule has 4 atom stereocenters. The lowest BCUT2D eigenvalue weighted by molar-refractivity contribution is -0.139. The first-order valence-corrected chi connectivity index (χ1v) is 7.96. The zero-order valence-electron chi connectivity index (χ0n) is 12.3. The first kappa shape index (κ1) is 14.5. The van der Waals surface area contributed by atoms with Crippen LogP contribution in [0.3, 0.4) is 0 Å². The second-order valence-electron chi connectivity index (χ2n) is 6.15. The molecule has 114 valence electrons. The lowest BCUT2D eigenvalue weighted by Gasteiger charge is -2.52. The predicted molar refractivity (Wildman–Crippen MR) is 81.8 cm³/mol. The summed E-state index contributed by atoms with van der Waals surface area (Å²) in [4.78, 5) is 12.0. The van der Waals surface area contributed by atoms with Crippen LogP contribution in [-0.4, -0.2) is 30.7 Å². The van der Waals surface area contributed by atoms with E-state index >= 15 is 0 Å². The van der Waals surface area contributed by atoms with Gasteiger partial charge in [0.15, 0.2) is 0 Å². The average Bonchev–Trinajstić information content (AvgIpc) is 2.53. The molecule has 3 rings (SSSR count). The molecular formula is C17H24N2O2. The first-order chi connectivity index (χ1) is 10.3. The van der Waals surface area contributed by atoms with Crippen LogP contribution in [0.15, 0.2) is 30.3 Å². The topological polar surface area (TPSA) is 64.3 Å². The largest absolute Gasteiger partial charge is 0.376 e. The van der Waals surface area contributed by atoms with Crippen molar-refractivity contribution >= 4 is 5.91 Å². The summed E-state index contributed by atoms with van der Waals surface area (Å²) < 4.78 is 5.74. The number of fused-ring (bicyclic) bond motifs is 1. The SMILES string of the molecule is NC1C2CCCOC2C1NC(=O)CCCc1ccccc1. The summed E-state index contributed by atoms with van der Waals surface area (Å²) in [5.74, 6) is 0.535. The Morgan fingerprint density at radius 2 is 2.14 bits per heavy atom. The molecule has 3 N–H and O–H groups in total. The number of hydrogen-bond acceptors (Lipinski definition) is 3. The molecule has 2 aliphatic rings. The van der Waals surface area contributed by atoms with Crippen LogP contribution < -0.4 is 11.1 Å². The van der Waals surface area contributed by atoms with E-state index in [-0.39, 0.29) is 24.1 Å². The minimum Gasteiger partial charge on any atom is -0.376 e. The molecule has 1 aliphatic carbocycles. The second-order valence-corrected chi connectivity index (χ2v) is 6.15. The summed E-state index contributed by atoms with van der Waals surface area (Å²) >= 11 is 0. The summed E-state index contributed by atoms with van der Waals surface area (Å²) in [6.07, 6.45) is 4.72. The van der Waals surface area contributed by atoms with Crippen molar-refractivity contribution < 1.29 is 9.53 Å². The van der Waals surface area contributed by atoms with Crippen LogP contribution in [0.5, 0.6) is 0 Å². The number of nitrogens with one attached hydrogen (secondary N) is 1. The number of amides is 1. The van der Waals surface area contributed by atoms with Gasteiger partial charge in [0.25, 0.3) is 0 Å². The fraction of sp³-hybridized carbons (Fsp3) is 0.588. The lowest BCUT2D eigenvalue weighted by atomic mass is 9.68. The predicted octanol–water partition coefficient (Wildman–Crippen LogP) is 1.63. The third-order valence-electron chi connectivity index (χ3n) is 4.72. The van der Waals surface area contributed by atoms with E-state index in [4.69, 9.17) is 10.5 Å². The van der Waals surface area contributed by atoms with Crippen LogP contribution in [0, 0.1) is 5.92 Å². The Balaban J connectivity index is 1.40. The fourth-order valence-electron chi connectivity index (χ4n) is 3.48. The summed E-state index contributed by atoms with van der Waals surface area (Å²) in [5, 5.41) is 3.06. The van der Waals surface area contributed by atoms with Crippen LogP contribution in [0.2, 0.25) is 0 Å². The van der Waals surface area contributed by atoms with Crippen molar-refractivity contribution in [2.75, 3.05) is 6.61 Å². The summed E-state index contributed by atoms with van der Waals surface area (Å²) in [7, 11) is 0. The molecule has 2 fully saturated rings. The van der Waals surface area contributed by atoms with Gasteiger partial charge in [-0.25, -0.2) is 0 Å². The van der Waals surface area contributed by atoms with Crippen molar-refractivity contribution in [3.63, 3.8) is 0 Å². The molecule has 4 nitrogen and oxygen atoms in total. The molecule has 4 unspecified atom stereocenters. The highest BCUT2D eigenvalue weighted by Gasteiger charge is 2.50. The van der Waals surface area contributed by atoms with Crippen molar-refractivity contribution in [1.29, 1.82) is 0 Å². The van der Waals surface area contributed by atoms with Gasteiger partial charge in [0.05, 0.1) is 12.1 Å². The van der Waals surface area contributed by atoms with E-state index in [1.165, 1.54) is 5.56 Å². The van der Waals surface area contributed by atoms with Crippen LogP contribution in [-0.2, 0) is 16.0 Å². The minimum atomic E-state index is 0.0134. The van der Waals surface area contributed by atoms with Gasteiger partial charge in [-0.3, -0.25) is 4.79 Å². The maximum absolute atomic E-state index is 12.0. The third-order valence-corrected chi connectivity index (χ3v) is 4.72. The quantitative estimate of drug-likeness (QED) is 0.865. The maximum atomic E-state index is 12.0. The van der Waals surface area contributed by atoms with Crippen molar-refractivity contribution in [3.05, 3.63) is 35.9 Å². The zero-order valence-corrected chi connectivity index (χ0v) is 12.3. The lowest BCUT2D eigenvalue weighted by Crippen LogP contribution is -2.72. The number of hydrogen-bond donors (Lipinski definition) is 2. The minimum absolute atomic E-state index is 0.0134. The standard InChI is InChI=1S/C17H24N2O2/c18-15-13-9-5-11-21-17(13)16(15)19-14(20)10-4-8-12-6-2-1-3-7-12/h1-3,6-7,13,15-17H,4-5,8-11,18H2,(H,19,20). The second kappa shape index (κ2) is 6.58. The Bertz CT molecular complexity index is 477. The molecule has 1 saturated heterocycles. The molecule has 4 heteroatoms. The summed E-state index contributed by atoms with van der Waals surface area (Å²) in [6, 6.07) is 10.3. The van der Waals surface area contributed by atoms with E-state index in [9.17, 15) is 4.79 Å². The Morgan fingerprint density at radius 1 is 1.33 bits per heavy atom. The Morgan fingerprint density at radius 3 is 2.95 bits per heavy atom. The number of ether oxygens (including phenoxy) is 1. The molecule has 1 amide bonds.